The Labute approximate surface area is 257 Å². The van der Waals surface area contributed by atoms with Crippen LogP contribution in [0.5, 0.6) is 0 Å². The third-order valence-electron chi connectivity index (χ3n) is 9.02. The third-order valence-corrected chi connectivity index (χ3v) is 9.02. The first kappa shape index (κ1) is 24.3. The normalized spacial score (nSPS) is 12.0. The zero-order chi connectivity index (χ0) is 29.5. The van der Waals surface area contributed by atoms with Gasteiger partial charge in [-0.25, -0.2) is 9.97 Å². The number of pyridine rings is 2. The Balaban J connectivity index is 1.15. The molecule has 0 aliphatic heterocycles. The summed E-state index contributed by atoms with van der Waals surface area (Å²) in [6.07, 6.45) is 3.72. The lowest BCUT2D eigenvalue weighted by Crippen LogP contribution is -1.95. The van der Waals surface area contributed by atoms with Crippen molar-refractivity contribution in [2.75, 3.05) is 0 Å². The Morgan fingerprint density at radius 3 is 1.64 bits per heavy atom. The first-order chi connectivity index (χ1) is 22.3. The molecule has 0 radical (unpaired) electrons. The minimum absolute atomic E-state index is 0.865. The fraction of sp³-hybridized carbons (Fsp3) is 0. The lowest BCUT2D eigenvalue weighted by Gasteiger charge is -2.10. The molecule has 0 unspecified atom stereocenters. The number of hydrogen-bond donors (Lipinski definition) is 0. The van der Waals surface area contributed by atoms with Gasteiger partial charge < -0.3 is 4.42 Å². The van der Waals surface area contributed by atoms with Crippen molar-refractivity contribution in [2.45, 2.75) is 0 Å². The zero-order valence-corrected chi connectivity index (χ0v) is 24.1. The molecule has 5 nitrogen and oxygen atoms in total. The van der Waals surface area contributed by atoms with Gasteiger partial charge in [0.15, 0.2) is 0 Å². The highest BCUT2D eigenvalue weighted by Crippen LogP contribution is 2.37. The molecule has 10 rings (SSSR count). The van der Waals surface area contributed by atoms with Crippen LogP contribution < -0.4 is 0 Å². The highest BCUT2D eigenvalue weighted by atomic mass is 16.3. The molecule has 5 aromatic heterocycles. The number of furan rings is 1. The van der Waals surface area contributed by atoms with Gasteiger partial charge in [-0.3, -0.25) is 9.13 Å². The standard InChI is InChI=1S/C40H24N4O/c1-3-14-35-29(10-1)31-12-6-20-41-39(31)43(35)27-9-5-8-25(22-27)26-16-18-37-33(23-26)34-24-28(17-19-38(34)45-37)44-36-15-4-2-11-30(36)32-13-7-21-42-40(32)44/h1-24H. The molecule has 5 aromatic carbocycles. The number of nitrogens with zero attached hydrogens (tertiary/aromatic N) is 4. The van der Waals surface area contributed by atoms with Crippen LogP contribution in [0.1, 0.15) is 0 Å². The summed E-state index contributed by atoms with van der Waals surface area (Å²) in [5.41, 5.74) is 10.3. The van der Waals surface area contributed by atoms with Crippen LogP contribution in [0.25, 0.3) is 88.3 Å². The minimum Gasteiger partial charge on any atom is -0.456 e. The van der Waals surface area contributed by atoms with Crippen LogP contribution in [-0.2, 0) is 0 Å². The SMILES string of the molecule is c1cc(-c2ccc3oc4ccc(-n5c6ccccc6c6cccnc65)cc4c3c2)cc(-n2c3ccccc3c3cccnc32)c1. The monoisotopic (exact) mass is 576 g/mol. The smallest absolute Gasteiger partial charge is 0.145 e. The van der Waals surface area contributed by atoms with Gasteiger partial charge in [-0.15, -0.1) is 0 Å². The van der Waals surface area contributed by atoms with Crippen LogP contribution in [0.4, 0.5) is 0 Å². The number of fused-ring (bicyclic) bond motifs is 9. The van der Waals surface area contributed by atoms with Gasteiger partial charge in [0.05, 0.1) is 11.0 Å². The number of benzene rings is 5. The molecule has 5 heteroatoms. The first-order valence-electron chi connectivity index (χ1n) is 15.1. The van der Waals surface area contributed by atoms with Crippen molar-refractivity contribution in [3.8, 4) is 22.5 Å². The second kappa shape index (κ2) is 9.15. The van der Waals surface area contributed by atoms with E-state index in [1.807, 2.05) is 24.5 Å². The summed E-state index contributed by atoms with van der Waals surface area (Å²) >= 11 is 0. The average Bonchev–Trinajstić information content (AvgIpc) is 3.75. The van der Waals surface area contributed by atoms with E-state index in [2.05, 4.69) is 130 Å². The van der Waals surface area contributed by atoms with E-state index in [1.54, 1.807) is 0 Å². The van der Waals surface area contributed by atoms with Crippen LogP contribution >= 0.6 is 0 Å². The van der Waals surface area contributed by atoms with E-state index >= 15 is 0 Å². The molecule has 45 heavy (non-hydrogen) atoms. The third kappa shape index (κ3) is 3.49. The van der Waals surface area contributed by atoms with E-state index in [0.29, 0.717) is 0 Å². The molecule has 0 N–H and O–H groups in total. The van der Waals surface area contributed by atoms with E-state index in [9.17, 15) is 0 Å². The van der Waals surface area contributed by atoms with E-state index in [-0.39, 0.29) is 0 Å². The largest absolute Gasteiger partial charge is 0.456 e. The summed E-state index contributed by atoms with van der Waals surface area (Å²) < 4.78 is 10.8. The highest BCUT2D eigenvalue weighted by molar-refractivity contribution is 6.10. The maximum Gasteiger partial charge on any atom is 0.145 e. The van der Waals surface area contributed by atoms with Gasteiger partial charge in [-0.2, -0.15) is 0 Å². The van der Waals surface area contributed by atoms with Crippen molar-refractivity contribution in [2.24, 2.45) is 0 Å². The topological polar surface area (TPSA) is 48.8 Å². The Bertz CT molecular complexity index is 2670. The molecule has 5 heterocycles. The molecule has 0 fully saturated rings. The minimum atomic E-state index is 0.865. The van der Waals surface area contributed by atoms with Gasteiger partial charge in [0.25, 0.3) is 0 Å². The van der Waals surface area contributed by atoms with Crippen molar-refractivity contribution < 1.29 is 4.42 Å². The van der Waals surface area contributed by atoms with Crippen LogP contribution in [-0.4, -0.2) is 19.1 Å². The highest BCUT2D eigenvalue weighted by Gasteiger charge is 2.16. The van der Waals surface area contributed by atoms with Crippen LogP contribution in [0, 0.1) is 0 Å². The van der Waals surface area contributed by atoms with Gasteiger partial charge in [-0.1, -0.05) is 54.6 Å². The van der Waals surface area contributed by atoms with Crippen LogP contribution in [0.3, 0.4) is 0 Å². The molecular weight excluding hydrogens is 552 g/mol. The van der Waals surface area contributed by atoms with Gasteiger partial charge >= 0.3 is 0 Å². The van der Waals surface area contributed by atoms with Crippen LogP contribution in [0.2, 0.25) is 0 Å². The summed E-state index contributed by atoms with van der Waals surface area (Å²) in [5, 5.41) is 6.85. The Kier molecular flexibility index (Phi) is 4.93. The molecule has 0 saturated heterocycles. The van der Waals surface area contributed by atoms with Crippen molar-refractivity contribution in [1.29, 1.82) is 0 Å². The lowest BCUT2D eigenvalue weighted by molar-refractivity contribution is 0.669. The van der Waals surface area contributed by atoms with Crippen LogP contribution in [0.15, 0.2) is 150 Å². The number of para-hydroxylation sites is 2. The molecule has 0 spiro atoms. The lowest BCUT2D eigenvalue weighted by atomic mass is 10.0. The fourth-order valence-corrected chi connectivity index (χ4v) is 7.02. The van der Waals surface area contributed by atoms with E-state index < -0.39 is 0 Å². The molecule has 0 aliphatic rings. The molecule has 0 atom stereocenters. The summed E-state index contributed by atoms with van der Waals surface area (Å²) in [6, 6.07) is 46.9. The van der Waals surface area contributed by atoms with Gasteiger partial charge in [0.1, 0.15) is 22.5 Å². The number of aromatic nitrogens is 4. The Morgan fingerprint density at radius 1 is 0.400 bits per heavy atom. The second-order valence-corrected chi connectivity index (χ2v) is 11.5. The molecular formula is C40H24N4O. The predicted molar refractivity (Wildman–Crippen MR) is 183 cm³/mol. The molecule has 10 aromatic rings. The summed E-state index contributed by atoms with van der Waals surface area (Å²) in [7, 11) is 0. The zero-order valence-electron chi connectivity index (χ0n) is 24.1. The van der Waals surface area contributed by atoms with E-state index in [0.717, 1.165) is 77.5 Å². The van der Waals surface area contributed by atoms with Crippen molar-refractivity contribution in [3.05, 3.63) is 146 Å². The molecule has 0 amide bonds. The summed E-state index contributed by atoms with van der Waals surface area (Å²) in [4.78, 5) is 9.56. The molecule has 210 valence electrons. The number of hydrogen-bond acceptors (Lipinski definition) is 3. The Morgan fingerprint density at radius 2 is 0.956 bits per heavy atom. The van der Waals surface area contributed by atoms with Crippen molar-refractivity contribution in [3.63, 3.8) is 0 Å². The van der Waals surface area contributed by atoms with Gasteiger partial charge in [0.2, 0.25) is 0 Å². The maximum absolute atomic E-state index is 6.33. The van der Waals surface area contributed by atoms with Crippen molar-refractivity contribution in [1.82, 2.24) is 19.1 Å². The van der Waals surface area contributed by atoms with Crippen molar-refractivity contribution >= 4 is 65.8 Å². The summed E-state index contributed by atoms with van der Waals surface area (Å²) in [5.74, 6) is 0. The Hall–Kier alpha value is -6.20. The molecule has 0 bridgehead atoms. The maximum atomic E-state index is 6.33. The second-order valence-electron chi connectivity index (χ2n) is 11.5. The molecule has 0 aliphatic carbocycles. The van der Waals surface area contributed by atoms with E-state index in [1.165, 1.54) is 10.8 Å². The summed E-state index contributed by atoms with van der Waals surface area (Å²) in [6.45, 7) is 0. The predicted octanol–water partition coefficient (Wildman–Crippen LogP) is 10.2. The van der Waals surface area contributed by atoms with Gasteiger partial charge in [-0.05, 0) is 90.0 Å². The first-order valence-corrected chi connectivity index (χ1v) is 15.1. The average molecular weight is 577 g/mol. The van der Waals surface area contributed by atoms with E-state index in [4.69, 9.17) is 14.4 Å². The fourth-order valence-electron chi connectivity index (χ4n) is 7.02. The molecule has 0 saturated carbocycles. The van der Waals surface area contributed by atoms with Gasteiger partial charge in [0, 0.05) is 56.1 Å². The quantitative estimate of drug-likeness (QED) is 0.210. The number of rotatable bonds is 3.